The van der Waals surface area contributed by atoms with Crippen LogP contribution in [0.2, 0.25) is 0 Å². The van der Waals surface area contributed by atoms with E-state index in [2.05, 4.69) is 10.2 Å². The number of hydrogen-bond donors (Lipinski definition) is 1. The van der Waals surface area contributed by atoms with Crippen molar-refractivity contribution in [3.63, 3.8) is 0 Å². The second-order valence-corrected chi connectivity index (χ2v) is 12.3. The van der Waals surface area contributed by atoms with Crippen LogP contribution in [0.15, 0.2) is 41.3 Å². The Kier molecular flexibility index (Phi) is 9.49. The minimum Gasteiger partial charge on any atom is -0.497 e. The Balaban J connectivity index is 1.78. The lowest BCUT2D eigenvalue weighted by atomic mass is 10.0. The summed E-state index contributed by atoms with van der Waals surface area (Å²) in [6.45, 7) is 0.706. The molecule has 14 heteroatoms. The van der Waals surface area contributed by atoms with Gasteiger partial charge < -0.3 is 33.9 Å². The van der Waals surface area contributed by atoms with E-state index in [4.69, 9.17) is 23.7 Å². The molecule has 0 atom stereocenters. The monoisotopic (exact) mass is 619 g/mol. The van der Waals surface area contributed by atoms with Gasteiger partial charge in [-0.1, -0.05) is 0 Å². The van der Waals surface area contributed by atoms with Gasteiger partial charge in [0, 0.05) is 30.1 Å². The van der Waals surface area contributed by atoms with Crippen LogP contribution in [0, 0.1) is 0 Å². The Morgan fingerprint density at radius 2 is 1.64 bits per heavy atom. The van der Waals surface area contributed by atoms with Gasteiger partial charge in [-0.3, -0.25) is 9.10 Å². The molecule has 1 aliphatic heterocycles. The van der Waals surface area contributed by atoms with Crippen molar-refractivity contribution >= 4 is 43.9 Å². The van der Waals surface area contributed by atoms with Gasteiger partial charge in [-0.2, -0.15) is 0 Å². The van der Waals surface area contributed by atoms with Crippen LogP contribution in [0.5, 0.6) is 23.0 Å². The van der Waals surface area contributed by atoms with Crippen LogP contribution in [0.4, 0.5) is 10.7 Å². The highest BCUT2D eigenvalue weighted by atomic mass is 32.2. The Bertz CT molecular complexity index is 1590. The maximum atomic E-state index is 14.1. The highest BCUT2D eigenvalue weighted by molar-refractivity contribution is 7.92. The molecule has 2 heterocycles. The van der Waals surface area contributed by atoms with E-state index in [1.54, 1.807) is 12.1 Å². The largest absolute Gasteiger partial charge is 0.497 e. The van der Waals surface area contributed by atoms with Crippen molar-refractivity contribution in [1.82, 2.24) is 4.90 Å². The Morgan fingerprint density at radius 1 is 0.952 bits per heavy atom. The first-order valence-electron chi connectivity index (χ1n) is 12.8. The number of rotatable bonds is 11. The molecule has 0 aliphatic carbocycles. The fourth-order valence-electron chi connectivity index (χ4n) is 4.63. The number of nitrogens with zero attached hydrogens (tertiary/aromatic N) is 2. The molecule has 0 unspecified atom stereocenters. The van der Waals surface area contributed by atoms with Crippen molar-refractivity contribution in [2.24, 2.45) is 0 Å². The normalized spacial score (nSPS) is 13.1. The molecule has 1 amide bonds. The highest BCUT2D eigenvalue weighted by Gasteiger charge is 2.33. The SMILES string of the molecule is COC(=O)c1c(NC(=O)CN(c2cc(OC)ccc2OC)S(=O)(=O)c2ccc(OC)c(OC)c2)sc2c1CCN(C)C2. The molecule has 3 aromatic rings. The zero-order valence-corrected chi connectivity index (χ0v) is 25.8. The van der Waals surface area contributed by atoms with Crippen LogP contribution in [-0.2, 0) is 32.5 Å². The van der Waals surface area contributed by atoms with Gasteiger partial charge in [0.1, 0.15) is 23.0 Å². The number of fused-ring (bicyclic) bond motifs is 1. The van der Waals surface area contributed by atoms with Crippen LogP contribution in [0.1, 0.15) is 20.8 Å². The Labute approximate surface area is 248 Å². The summed E-state index contributed by atoms with van der Waals surface area (Å²) in [6, 6.07) is 8.74. The molecule has 1 N–H and O–H groups in total. The average molecular weight is 620 g/mol. The van der Waals surface area contributed by atoms with Gasteiger partial charge in [-0.05, 0) is 43.3 Å². The summed E-state index contributed by atoms with van der Waals surface area (Å²) in [5.74, 6) is -0.184. The standard InChI is InChI=1S/C28H33N3O9S2/c1-30-12-11-19-24(15-30)41-27(26(19)28(33)40-6)29-25(32)16-31(20-13-17(36-2)7-9-21(20)37-3)42(34,35)18-8-10-22(38-4)23(14-18)39-5/h7-10,13-14H,11-12,15-16H2,1-6H3,(H,29,32). The number of benzene rings is 2. The van der Waals surface area contributed by atoms with Crippen LogP contribution in [0.3, 0.4) is 0 Å². The van der Waals surface area contributed by atoms with E-state index in [-0.39, 0.29) is 27.6 Å². The van der Waals surface area contributed by atoms with Crippen molar-refractivity contribution in [3.8, 4) is 23.0 Å². The van der Waals surface area contributed by atoms with Crippen LogP contribution >= 0.6 is 11.3 Å². The minimum absolute atomic E-state index is 0.0714. The topological polar surface area (TPSA) is 133 Å². The molecule has 0 saturated heterocycles. The second-order valence-electron chi connectivity index (χ2n) is 9.30. The van der Waals surface area contributed by atoms with E-state index >= 15 is 0 Å². The van der Waals surface area contributed by atoms with E-state index < -0.39 is 28.4 Å². The summed E-state index contributed by atoms with van der Waals surface area (Å²) in [5, 5.41) is 3.07. The quantitative estimate of drug-likeness (QED) is 0.319. The first-order chi connectivity index (χ1) is 20.1. The third-order valence-corrected chi connectivity index (χ3v) is 9.66. The fraction of sp³-hybridized carbons (Fsp3) is 0.357. The number of likely N-dealkylation sites (N-methyl/N-ethyl adjacent to an activating group) is 1. The molecule has 12 nitrogen and oxygen atoms in total. The number of carbonyl (C=O) groups is 2. The Morgan fingerprint density at radius 3 is 2.29 bits per heavy atom. The number of thiophene rings is 1. The molecule has 0 radical (unpaired) electrons. The summed E-state index contributed by atoms with van der Waals surface area (Å²) in [6.07, 6.45) is 0.615. The highest BCUT2D eigenvalue weighted by Crippen LogP contribution is 2.39. The van der Waals surface area contributed by atoms with Gasteiger partial charge >= 0.3 is 5.97 Å². The van der Waals surface area contributed by atoms with Gasteiger partial charge in [0.05, 0.1) is 51.7 Å². The molecule has 1 aliphatic rings. The van der Waals surface area contributed by atoms with Crippen LogP contribution < -0.4 is 28.6 Å². The van der Waals surface area contributed by atoms with Crippen molar-refractivity contribution in [2.45, 2.75) is 17.9 Å². The van der Waals surface area contributed by atoms with Crippen LogP contribution in [-0.4, -0.2) is 80.9 Å². The summed E-state index contributed by atoms with van der Waals surface area (Å²) in [4.78, 5) is 29.2. The number of sulfonamides is 1. The van der Waals surface area contributed by atoms with Crippen molar-refractivity contribution in [1.29, 1.82) is 0 Å². The van der Waals surface area contributed by atoms with Gasteiger partial charge in [0.25, 0.3) is 10.0 Å². The predicted octanol–water partition coefficient (Wildman–Crippen LogP) is 3.39. The molecule has 0 bridgehead atoms. The van der Waals surface area contributed by atoms with Crippen LogP contribution in [0.25, 0.3) is 0 Å². The number of hydrogen-bond acceptors (Lipinski definition) is 11. The van der Waals surface area contributed by atoms with Gasteiger partial charge in [-0.25, -0.2) is 13.2 Å². The number of methoxy groups -OCH3 is 5. The lowest BCUT2D eigenvalue weighted by Gasteiger charge is -2.26. The van der Waals surface area contributed by atoms with E-state index in [0.29, 0.717) is 29.5 Å². The first-order valence-corrected chi connectivity index (χ1v) is 15.0. The second kappa shape index (κ2) is 12.9. The van der Waals surface area contributed by atoms with E-state index in [1.807, 2.05) is 7.05 Å². The molecule has 0 spiro atoms. The third kappa shape index (κ3) is 6.10. The van der Waals surface area contributed by atoms with Gasteiger partial charge in [0.2, 0.25) is 5.91 Å². The zero-order valence-electron chi connectivity index (χ0n) is 24.2. The number of esters is 1. The van der Waals surface area contributed by atoms with Gasteiger partial charge in [-0.15, -0.1) is 11.3 Å². The number of anilines is 2. The lowest BCUT2D eigenvalue weighted by molar-refractivity contribution is -0.114. The summed E-state index contributed by atoms with van der Waals surface area (Å²) >= 11 is 1.27. The molecule has 2 aromatic carbocycles. The van der Waals surface area contributed by atoms with E-state index in [0.717, 1.165) is 21.3 Å². The molecule has 0 fully saturated rings. The number of carbonyl (C=O) groups excluding carboxylic acids is 2. The van der Waals surface area contributed by atoms with Crippen molar-refractivity contribution in [3.05, 3.63) is 52.4 Å². The zero-order chi connectivity index (χ0) is 30.6. The van der Waals surface area contributed by atoms with E-state index in [9.17, 15) is 18.0 Å². The maximum absolute atomic E-state index is 14.1. The summed E-state index contributed by atoms with van der Waals surface area (Å²) in [7, 11) is 4.52. The third-order valence-electron chi connectivity index (χ3n) is 6.78. The lowest BCUT2D eigenvalue weighted by Crippen LogP contribution is -2.38. The molecular formula is C28H33N3O9S2. The first kappa shape index (κ1) is 30.9. The minimum atomic E-state index is -4.39. The van der Waals surface area contributed by atoms with Crippen molar-refractivity contribution in [2.75, 3.05) is 65.3 Å². The van der Waals surface area contributed by atoms with E-state index in [1.165, 1.54) is 71.2 Å². The smallest absolute Gasteiger partial charge is 0.341 e. The summed E-state index contributed by atoms with van der Waals surface area (Å²) in [5.41, 5.74) is 1.18. The van der Waals surface area contributed by atoms with Crippen molar-refractivity contribution < 1.29 is 41.7 Å². The number of ether oxygens (including phenoxy) is 5. The number of amides is 1. The molecule has 0 saturated carbocycles. The predicted molar refractivity (Wildman–Crippen MR) is 158 cm³/mol. The summed E-state index contributed by atoms with van der Waals surface area (Å²) < 4.78 is 55.6. The maximum Gasteiger partial charge on any atom is 0.341 e. The molecule has 1 aromatic heterocycles. The molecular weight excluding hydrogens is 586 g/mol. The average Bonchev–Trinajstić information content (AvgIpc) is 3.34. The molecule has 226 valence electrons. The Hall–Kier alpha value is -4.01. The number of nitrogens with one attached hydrogen (secondary N) is 1. The van der Waals surface area contributed by atoms with Gasteiger partial charge in [0.15, 0.2) is 11.5 Å². The fourth-order valence-corrected chi connectivity index (χ4v) is 7.40. The molecule has 42 heavy (non-hydrogen) atoms. The molecule has 4 rings (SSSR count).